The van der Waals surface area contributed by atoms with Crippen LogP contribution < -0.4 is 14.5 Å². The van der Waals surface area contributed by atoms with Crippen LogP contribution in [0.2, 0.25) is 0 Å². The lowest BCUT2D eigenvalue weighted by molar-refractivity contribution is 0.301. The van der Waals surface area contributed by atoms with Crippen molar-refractivity contribution in [2.75, 3.05) is 19.3 Å². The molecule has 2 aromatic carbocycles. The number of rotatable bonds is 4. The van der Waals surface area contributed by atoms with Crippen molar-refractivity contribution in [1.29, 1.82) is 5.26 Å². The summed E-state index contributed by atoms with van der Waals surface area (Å²) in [6.45, 7) is 0. The summed E-state index contributed by atoms with van der Waals surface area (Å²) in [7, 11) is 3.05. The van der Waals surface area contributed by atoms with Gasteiger partial charge < -0.3 is 9.47 Å². The molecule has 26 heavy (non-hydrogen) atoms. The quantitative estimate of drug-likeness (QED) is 0.520. The zero-order chi connectivity index (χ0) is 18.8. The minimum Gasteiger partial charge on any atom is -0.493 e. The van der Waals surface area contributed by atoms with Gasteiger partial charge in [0.2, 0.25) is 0 Å². The molecule has 0 fully saturated rings. The smallest absolute Gasteiger partial charge is 0.162 e. The van der Waals surface area contributed by atoms with Gasteiger partial charge in [-0.3, -0.25) is 10.2 Å². The van der Waals surface area contributed by atoms with Crippen LogP contribution in [-0.4, -0.2) is 24.4 Å². The molecule has 0 saturated heterocycles. The second kappa shape index (κ2) is 7.50. The van der Waals surface area contributed by atoms with E-state index in [0.717, 1.165) is 14.0 Å². The molecular weight excluding hydrogens is 466 g/mol. The predicted octanol–water partition coefficient (Wildman–Crippen LogP) is 5.18. The van der Waals surface area contributed by atoms with Crippen molar-refractivity contribution in [3.8, 4) is 17.6 Å². The maximum Gasteiger partial charge on any atom is 0.162 e. The number of anilines is 2. The van der Waals surface area contributed by atoms with Crippen molar-refractivity contribution in [3.05, 3.63) is 51.0 Å². The van der Waals surface area contributed by atoms with Crippen LogP contribution in [0.1, 0.15) is 5.56 Å². The van der Waals surface area contributed by atoms with Crippen molar-refractivity contribution in [2.24, 2.45) is 0 Å². The molecule has 3 rings (SSSR count). The Hall–Kier alpha value is -2.34. The molecule has 6 nitrogen and oxygen atoms in total. The second-order valence-electron chi connectivity index (χ2n) is 5.30. The van der Waals surface area contributed by atoms with E-state index >= 15 is 0 Å². The Morgan fingerprint density at radius 3 is 2.23 bits per heavy atom. The molecule has 132 valence electrons. The Kier molecular flexibility index (Phi) is 5.32. The van der Waals surface area contributed by atoms with Gasteiger partial charge in [-0.05, 0) is 24.3 Å². The number of aromatic nitrogens is 1. The Balaban J connectivity index is 2.30. The molecule has 0 spiro atoms. The third-order valence-electron chi connectivity index (χ3n) is 3.77. The van der Waals surface area contributed by atoms with Crippen molar-refractivity contribution < 1.29 is 14.7 Å². The molecule has 0 unspecified atom stereocenters. The average Bonchev–Trinajstić information content (AvgIpc) is 2.64. The topological polar surface area (TPSA) is 78.6 Å². The normalized spacial score (nSPS) is 10.5. The fraction of sp³-hybridized carbons (Fsp3) is 0.111. The van der Waals surface area contributed by atoms with Crippen LogP contribution >= 0.6 is 31.9 Å². The summed E-state index contributed by atoms with van der Waals surface area (Å²) < 4.78 is 12.2. The lowest BCUT2D eigenvalue weighted by atomic mass is 10.1. The van der Waals surface area contributed by atoms with E-state index in [1.165, 1.54) is 20.4 Å². The zero-order valence-corrected chi connectivity index (χ0v) is 17.0. The number of nitriles is 1. The second-order valence-corrected chi connectivity index (χ2v) is 7.13. The van der Waals surface area contributed by atoms with Crippen molar-refractivity contribution >= 4 is 54.1 Å². The van der Waals surface area contributed by atoms with Gasteiger partial charge in [-0.15, -0.1) is 0 Å². The zero-order valence-electron chi connectivity index (χ0n) is 13.8. The van der Waals surface area contributed by atoms with Crippen LogP contribution in [0.4, 0.5) is 11.4 Å². The van der Waals surface area contributed by atoms with Gasteiger partial charge in [0, 0.05) is 26.6 Å². The van der Waals surface area contributed by atoms with Gasteiger partial charge >= 0.3 is 0 Å². The van der Waals surface area contributed by atoms with E-state index in [4.69, 9.17) is 9.47 Å². The summed E-state index contributed by atoms with van der Waals surface area (Å²) in [6, 6.07) is 10.8. The molecule has 0 amide bonds. The molecule has 0 aliphatic heterocycles. The first-order valence-corrected chi connectivity index (χ1v) is 8.97. The molecule has 0 saturated carbocycles. The van der Waals surface area contributed by atoms with Crippen molar-refractivity contribution in [1.82, 2.24) is 4.98 Å². The van der Waals surface area contributed by atoms with E-state index in [2.05, 4.69) is 42.9 Å². The number of hydrogen-bond acceptors (Lipinski definition) is 6. The van der Waals surface area contributed by atoms with Gasteiger partial charge in [0.15, 0.2) is 11.5 Å². The van der Waals surface area contributed by atoms with E-state index in [0.29, 0.717) is 33.8 Å². The molecule has 0 radical (unpaired) electrons. The number of pyridine rings is 1. The number of fused-ring (bicyclic) bond motifs is 1. The summed E-state index contributed by atoms with van der Waals surface area (Å²) in [5.41, 5.74) is 1.57. The molecule has 1 N–H and O–H groups in total. The molecule has 1 aromatic heterocycles. The SMILES string of the molecule is COc1cc2ncc(C#N)c(N(O)c3cc(Br)cc(Br)c3)c2cc1OC. The van der Waals surface area contributed by atoms with Gasteiger partial charge in [0.05, 0.1) is 36.7 Å². The molecule has 0 bridgehead atoms. The molecule has 3 aromatic rings. The third kappa shape index (κ3) is 3.33. The summed E-state index contributed by atoms with van der Waals surface area (Å²) >= 11 is 6.80. The Morgan fingerprint density at radius 1 is 1.04 bits per heavy atom. The van der Waals surface area contributed by atoms with Crippen LogP contribution in [0.3, 0.4) is 0 Å². The maximum atomic E-state index is 10.9. The van der Waals surface area contributed by atoms with Crippen LogP contribution in [0, 0.1) is 11.3 Å². The van der Waals surface area contributed by atoms with Crippen LogP contribution in [-0.2, 0) is 0 Å². The standard InChI is InChI=1S/C18H13Br2N3O3/c1-25-16-6-14-15(7-17(16)26-2)22-9-10(8-21)18(14)23(24)13-4-11(19)3-12(20)5-13/h3-7,9,24H,1-2H3. The Bertz CT molecular complexity index is 1010. The maximum absolute atomic E-state index is 10.9. The monoisotopic (exact) mass is 477 g/mol. The number of methoxy groups -OCH3 is 2. The molecule has 8 heteroatoms. The minimum atomic E-state index is 0.225. The molecule has 0 aliphatic carbocycles. The molecule has 1 heterocycles. The highest BCUT2D eigenvalue weighted by Gasteiger charge is 2.19. The lowest BCUT2D eigenvalue weighted by Crippen LogP contribution is -2.13. The molecule has 0 atom stereocenters. The number of nitrogens with zero attached hydrogens (tertiary/aromatic N) is 3. The number of benzene rings is 2. The highest BCUT2D eigenvalue weighted by atomic mass is 79.9. The van der Waals surface area contributed by atoms with Gasteiger partial charge in [-0.25, -0.2) is 5.06 Å². The van der Waals surface area contributed by atoms with Crippen molar-refractivity contribution in [3.63, 3.8) is 0 Å². The molecule has 0 aliphatic rings. The van der Waals surface area contributed by atoms with E-state index in [1.54, 1.807) is 24.3 Å². The number of halogens is 2. The van der Waals surface area contributed by atoms with Crippen LogP contribution in [0.15, 0.2) is 45.5 Å². The Labute approximate surface area is 166 Å². The third-order valence-corrected chi connectivity index (χ3v) is 4.68. The Morgan fingerprint density at radius 2 is 1.65 bits per heavy atom. The largest absolute Gasteiger partial charge is 0.493 e. The average molecular weight is 479 g/mol. The summed E-state index contributed by atoms with van der Waals surface area (Å²) in [5, 5.41) is 21.9. The molecular formula is C18H13Br2N3O3. The van der Waals surface area contributed by atoms with E-state index in [9.17, 15) is 10.5 Å². The summed E-state index contributed by atoms with van der Waals surface area (Å²) in [5.74, 6) is 0.986. The highest BCUT2D eigenvalue weighted by Crippen LogP contribution is 2.39. The predicted molar refractivity (Wildman–Crippen MR) is 105 cm³/mol. The first-order valence-electron chi connectivity index (χ1n) is 7.38. The van der Waals surface area contributed by atoms with Crippen LogP contribution in [0.5, 0.6) is 11.5 Å². The lowest BCUT2D eigenvalue weighted by Gasteiger charge is -2.21. The van der Waals surface area contributed by atoms with Gasteiger partial charge in [0.25, 0.3) is 0 Å². The van der Waals surface area contributed by atoms with Gasteiger partial charge in [0.1, 0.15) is 6.07 Å². The fourth-order valence-electron chi connectivity index (χ4n) is 2.61. The number of hydrogen-bond donors (Lipinski definition) is 1. The van der Waals surface area contributed by atoms with E-state index in [1.807, 2.05) is 6.07 Å². The highest BCUT2D eigenvalue weighted by molar-refractivity contribution is 9.11. The van der Waals surface area contributed by atoms with E-state index < -0.39 is 0 Å². The van der Waals surface area contributed by atoms with Gasteiger partial charge in [-0.1, -0.05) is 31.9 Å². The fourth-order valence-corrected chi connectivity index (χ4v) is 3.88. The van der Waals surface area contributed by atoms with Gasteiger partial charge in [-0.2, -0.15) is 5.26 Å². The first kappa shape index (κ1) is 18.5. The number of ether oxygens (including phenoxy) is 2. The van der Waals surface area contributed by atoms with Crippen molar-refractivity contribution in [2.45, 2.75) is 0 Å². The summed E-state index contributed by atoms with van der Waals surface area (Å²) in [4.78, 5) is 4.29. The first-order chi connectivity index (χ1) is 12.5. The van der Waals surface area contributed by atoms with E-state index in [-0.39, 0.29) is 5.56 Å². The minimum absolute atomic E-state index is 0.225. The van der Waals surface area contributed by atoms with Crippen LogP contribution in [0.25, 0.3) is 10.9 Å². The summed E-state index contributed by atoms with van der Waals surface area (Å²) in [6.07, 6.45) is 1.42.